The summed E-state index contributed by atoms with van der Waals surface area (Å²) in [4.78, 5) is 25.8. The number of carbonyl (C=O) groups excluding carboxylic acids is 1. The number of aryl methyl sites for hydroxylation is 1. The Labute approximate surface area is 160 Å². The maximum Gasteiger partial charge on any atom is 0.224 e. The minimum absolute atomic E-state index is 0.0553. The van der Waals surface area contributed by atoms with Gasteiger partial charge in [0.05, 0.1) is 6.04 Å². The number of anilines is 1. The van der Waals surface area contributed by atoms with Crippen LogP contribution in [-0.4, -0.2) is 39.9 Å². The van der Waals surface area contributed by atoms with Crippen LogP contribution in [0.5, 0.6) is 0 Å². The van der Waals surface area contributed by atoms with Gasteiger partial charge in [-0.15, -0.1) is 0 Å². The van der Waals surface area contributed by atoms with Crippen molar-refractivity contribution in [2.45, 2.75) is 46.7 Å². The number of hydrogen-bond donors (Lipinski definition) is 0. The standard InChI is InChI=1S/C21H27FN4O/c1-14(2)19-12-25(21-15(3)16(4)23-13-24-21)10-9-20(27)26(19)11-17-5-7-18(22)8-6-17/h5-8,13-14,19H,9-12H2,1-4H3/t19-/m0/s1. The molecule has 144 valence electrons. The Balaban J connectivity index is 1.88. The minimum atomic E-state index is -0.262. The fourth-order valence-corrected chi connectivity index (χ4v) is 3.57. The Hall–Kier alpha value is -2.50. The maximum atomic E-state index is 13.2. The molecule has 1 atom stereocenters. The molecular formula is C21H27FN4O. The first kappa shape index (κ1) is 19.3. The van der Waals surface area contributed by atoms with Gasteiger partial charge >= 0.3 is 0 Å². The van der Waals surface area contributed by atoms with E-state index in [4.69, 9.17) is 0 Å². The van der Waals surface area contributed by atoms with Gasteiger partial charge in [0, 0.05) is 37.3 Å². The zero-order chi connectivity index (χ0) is 19.6. The number of amides is 1. The van der Waals surface area contributed by atoms with E-state index in [1.54, 1.807) is 18.5 Å². The lowest BCUT2D eigenvalue weighted by Gasteiger charge is -2.35. The molecule has 1 aliphatic rings. The average molecular weight is 370 g/mol. The molecule has 1 aromatic heterocycles. The lowest BCUT2D eigenvalue weighted by Crippen LogP contribution is -2.46. The summed E-state index contributed by atoms with van der Waals surface area (Å²) in [5.41, 5.74) is 2.96. The van der Waals surface area contributed by atoms with Gasteiger partial charge in [0.2, 0.25) is 5.91 Å². The second kappa shape index (κ2) is 8.03. The summed E-state index contributed by atoms with van der Waals surface area (Å²) in [6, 6.07) is 6.45. The molecule has 0 unspecified atom stereocenters. The molecule has 2 heterocycles. The highest BCUT2D eigenvalue weighted by Crippen LogP contribution is 2.26. The summed E-state index contributed by atoms with van der Waals surface area (Å²) in [6.07, 6.45) is 2.03. The molecule has 27 heavy (non-hydrogen) atoms. The predicted octanol–water partition coefficient (Wildman–Crippen LogP) is 3.50. The molecule has 5 nitrogen and oxygen atoms in total. The smallest absolute Gasteiger partial charge is 0.224 e. The zero-order valence-corrected chi connectivity index (χ0v) is 16.4. The van der Waals surface area contributed by atoms with E-state index < -0.39 is 0 Å². The quantitative estimate of drug-likeness (QED) is 0.827. The first-order valence-electron chi connectivity index (χ1n) is 9.44. The number of rotatable bonds is 4. The van der Waals surface area contributed by atoms with Crippen LogP contribution in [0.4, 0.5) is 10.2 Å². The van der Waals surface area contributed by atoms with Crippen LogP contribution < -0.4 is 4.90 Å². The van der Waals surface area contributed by atoms with Crippen LogP contribution in [-0.2, 0) is 11.3 Å². The Morgan fingerprint density at radius 1 is 1.19 bits per heavy atom. The summed E-state index contributed by atoms with van der Waals surface area (Å²) in [5, 5.41) is 0. The van der Waals surface area contributed by atoms with Gasteiger partial charge in [-0.25, -0.2) is 14.4 Å². The molecule has 0 radical (unpaired) electrons. The van der Waals surface area contributed by atoms with Crippen molar-refractivity contribution in [2.75, 3.05) is 18.0 Å². The van der Waals surface area contributed by atoms with Crippen molar-refractivity contribution in [3.05, 3.63) is 53.2 Å². The van der Waals surface area contributed by atoms with Crippen LogP contribution in [0.1, 0.15) is 37.1 Å². The predicted molar refractivity (Wildman–Crippen MR) is 104 cm³/mol. The number of aromatic nitrogens is 2. The fraction of sp³-hybridized carbons (Fsp3) is 0.476. The Kier molecular flexibility index (Phi) is 5.73. The van der Waals surface area contributed by atoms with Gasteiger partial charge in [-0.1, -0.05) is 26.0 Å². The first-order chi connectivity index (χ1) is 12.9. The largest absolute Gasteiger partial charge is 0.354 e. The number of nitrogens with zero attached hydrogens (tertiary/aromatic N) is 4. The second-order valence-electron chi connectivity index (χ2n) is 7.56. The molecule has 1 fully saturated rings. The van der Waals surface area contributed by atoms with Crippen molar-refractivity contribution in [2.24, 2.45) is 5.92 Å². The molecule has 0 spiro atoms. The van der Waals surface area contributed by atoms with Gasteiger partial charge in [-0.05, 0) is 37.5 Å². The van der Waals surface area contributed by atoms with Crippen LogP contribution in [0, 0.1) is 25.6 Å². The highest BCUT2D eigenvalue weighted by Gasteiger charge is 2.32. The minimum Gasteiger partial charge on any atom is -0.354 e. The number of halogens is 1. The monoisotopic (exact) mass is 370 g/mol. The molecule has 3 rings (SSSR count). The maximum absolute atomic E-state index is 13.2. The lowest BCUT2D eigenvalue weighted by atomic mass is 10.0. The van der Waals surface area contributed by atoms with Crippen molar-refractivity contribution >= 4 is 11.7 Å². The van der Waals surface area contributed by atoms with E-state index >= 15 is 0 Å². The van der Waals surface area contributed by atoms with Gasteiger partial charge in [0.15, 0.2) is 0 Å². The van der Waals surface area contributed by atoms with Crippen molar-refractivity contribution in [1.82, 2.24) is 14.9 Å². The van der Waals surface area contributed by atoms with E-state index in [1.807, 2.05) is 18.7 Å². The zero-order valence-electron chi connectivity index (χ0n) is 16.4. The van der Waals surface area contributed by atoms with E-state index in [0.29, 0.717) is 25.4 Å². The molecule has 0 bridgehead atoms. The van der Waals surface area contributed by atoms with Gasteiger partial charge in [-0.3, -0.25) is 4.79 Å². The lowest BCUT2D eigenvalue weighted by molar-refractivity contribution is -0.134. The summed E-state index contributed by atoms with van der Waals surface area (Å²) < 4.78 is 13.2. The van der Waals surface area contributed by atoms with Gasteiger partial charge in [0.1, 0.15) is 18.0 Å². The van der Waals surface area contributed by atoms with Crippen LogP contribution in [0.3, 0.4) is 0 Å². The summed E-state index contributed by atoms with van der Waals surface area (Å²) >= 11 is 0. The van der Waals surface area contributed by atoms with Crippen LogP contribution in [0.25, 0.3) is 0 Å². The van der Waals surface area contributed by atoms with Gasteiger partial charge in [0.25, 0.3) is 0 Å². The Morgan fingerprint density at radius 2 is 1.89 bits per heavy atom. The molecule has 0 saturated carbocycles. The second-order valence-corrected chi connectivity index (χ2v) is 7.56. The summed E-state index contributed by atoms with van der Waals surface area (Å²) in [5.74, 6) is 1.06. The molecule has 1 saturated heterocycles. The first-order valence-corrected chi connectivity index (χ1v) is 9.44. The van der Waals surface area contributed by atoms with E-state index in [9.17, 15) is 9.18 Å². The highest BCUT2D eigenvalue weighted by atomic mass is 19.1. The molecule has 1 aromatic carbocycles. The van der Waals surface area contributed by atoms with E-state index in [-0.39, 0.29) is 17.8 Å². The normalized spacial score (nSPS) is 18.1. The summed E-state index contributed by atoms with van der Waals surface area (Å²) in [6.45, 7) is 10.1. The van der Waals surface area contributed by atoms with Crippen molar-refractivity contribution in [3.8, 4) is 0 Å². The Morgan fingerprint density at radius 3 is 2.56 bits per heavy atom. The van der Waals surface area contributed by atoms with Crippen molar-refractivity contribution in [1.29, 1.82) is 0 Å². The fourth-order valence-electron chi connectivity index (χ4n) is 3.57. The van der Waals surface area contributed by atoms with Gasteiger partial charge in [-0.2, -0.15) is 0 Å². The molecule has 0 N–H and O–H groups in total. The van der Waals surface area contributed by atoms with Crippen molar-refractivity contribution in [3.63, 3.8) is 0 Å². The van der Waals surface area contributed by atoms with E-state index in [1.165, 1.54) is 12.1 Å². The molecule has 2 aromatic rings. The Bertz CT molecular complexity index is 806. The van der Waals surface area contributed by atoms with Crippen molar-refractivity contribution < 1.29 is 9.18 Å². The van der Waals surface area contributed by atoms with E-state index in [2.05, 4.69) is 28.7 Å². The van der Waals surface area contributed by atoms with Crippen LogP contribution >= 0.6 is 0 Å². The average Bonchev–Trinajstić information content (AvgIpc) is 2.79. The molecule has 1 aliphatic heterocycles. The molecule has 6 heteroatoms. The topological polar surface area (TPSA) is 49.3 Å². The summed E-state index contributed by atoms with van der Waals surface area (Å²) in [7, 11) is 0. The number of carbonyl (C=O) groups is 1. The van der Waals surface area contributed by atoms with Gasteiger partial charge < -0.3 is 9.80 Å². The van der Waals surface area contributed by atoms with E-state index in [0.717, 1.165) is 29.2 Å². The highest BCUT2D eigenvalue weighted by molar-refractivity contribution is 5.78. The third kappa shape index (κ3) is 4.26. The van der Waals surface area contributed by atoms with Crippen LogP contribution in [0.2, 0.25) is 0 Å². The third-order valence-corrected chi connectivity index (χ3v) is 5.37. The SMILES string of the molecule is Cc1ncnc(N2CCC(=O)N(Cc3ccc(F)cc3)[C@H](C(C)C)C2)c1C. The number of benzene rings is 1. The molecule has 1 amide bonds. The third-order valence-electron chi connectivity index (χ3n) is 5.37. The number of hydrogen-bond acceptors (Lipinski definition) is 4. The van der Waals surface area contributed by atoms with Crippen LogP contribution in [0.15, 0.2) is 30.6 Å². The molecular weight excluding hydrogens is 343 g/mol. The molecule has 0 aliphatic carbocycles.